The summed E-state index contributed by atoms with van der Waals surface area (Å²) in [5.74, 6) is 0.816. The highest BCUT2D eigenvalue weighted by Crippen LogP contribution is 2.18. The van der Waals surface area contributed by atoms with Crippen molar-refractivity contribution in [3.05, 3.63) is 0 Å². The van der Waals surface area contributed by atoms with E-state index < -0.39 is 0 Å². The summed E-state index contributed by atoms with van der Waals surface area (Å²) in [5, 5.41) is 3.40. The number of nitrogens with one attached hydrogen (secondary N) is 1. The molecule has 2 aliphatic heterocycles. The molecule has 2 heterocycles. The van der Waals surface area contributed by atoms with Gasteiger partial charge in [0.05, 0.1) is 25.7 Å². The Hall–Kier alpha value is -0.610. The van der Waals surface area contributed by atoms with Crippen molar-refractivity contribution < 1.29 is 14.3 Å². The number of carbonyl (C=O) groups excluding carboxylic acids is 1. The summed E-state index contributed by atoms with van der Waals surface area (Å²) >= 11 is 0. The number of guanidine groups is 1. The molecule has 0 aliphatic carbocycles. The molecule has 0 amide bonds. The molecule has 0 radical (unpaired) electrons. The van der Waals surface area contributed by atoms with Gasteiger partial charge in [0.2, 0.25) is 0 Å². The van der Waals surface area contributed by atoms with Gasteiger partial charge in [-0.05, 0) is 19.9 Å². The monoisotopic (exact) mass is 440 g/mol. The molecule has 0 aromatic rings. The third kappa shape index (κ3) is 6.07. The van der Waals surface area contributed by atoms with Crippen LogP contribution in [-0.2, 0) is 14.3 Å². The van der Waals surface area contributed by atoms with Gasteiger partial charge in [-0.3, -0.25) is 9.79 Å². The lowest BCUT2D eigenvalue weighted by Gasteiger charge is -2.35. The summed E-state index contributed by atoms with van der Waals surface area (Å²) in [4.78, 5) is 20.4. The second-order valence-corrected chi connectivity index (χ2v) is 5.97. The lowest BCUT2D eigenvalue weighted by atomic mass is 9.97. The summed E-state index contributed by atoms with van der Waals surface area (Å²) in [7, 11) is 5.36. The average Bonchev–Trinajstić information content (AvgIpc) is 2.55. The molecule has 23 heavy (non-hydrogen) atoms. The van der Waals surface area contributed by atoms with Crippen LogP contribution in [0.25, 0.3) is 0 Å². The van der Waals surface area contributed by atoms with Crippen molar-refractivity contribution in [2.24, 2.45) is 10.9 Å². The van der Waals surface area contributed by atoms with Gasteiger partial charge >= 0.3 is 5.97 Å². The highest BCUT2D eigenvalue weighted by atomic mass is 127. The maximum Gasteiger partial charge on any atom is 0.308 e. The topological polar surface area (TPSA) is 66.4 Å². The van der Waals surface area contributed by atoms with Gasteiger partial charge in [0.25, 0.3) is 0 Å². The third-order valence-corrected chi connectivity index (χ3v) is 4.37. The summed E-state index contributed by atoms with van der Waals surface area (Å²) in [6.45, 7) is 5.12. The van der Waals surface area contributed by atoms with E-state index in [-0.39, 0.29) is 42.0 Å². The van der Waals surface area contributed by atoms with Crippen molar-refractivity contribution >= 4 is 35.9 Å². The van der Waals surface area contributed by atoms with Crippen LogP contribution in [0.4, 0.5) is 0 Å². The number of hydrogen-bond acceptors (Lipinski definition) is 5. The number of carbonyl (C=O) groups is 1. The first-order chi connectivity index (χ1) is 10.6. The minimum atomic E-state index is -0.0961. The Kier molecular flexibility index (Phi) is 9.15. The van der Waals surface area contributed by atoms with Crippen LogP contribution in [0.15, 0.2) is 4.99 Å². The van der Waals surface area contributed by atoms with E-state index in [1.165, 1.54) is 7.11 Å². The first kappa shape index (κ1) is 20.4. The summed E-state index contributed by atoms with van der Waals surface area (Å²) in [6.07, 6.45) is 1.83. The number of ether oxygens (including phenoxy) is 2. The smallest absolute Gasteiger partial charge is 0.308 e. The van der Waals surface area contributed by atoms with Crippen LogP contribution >= 0.6 is 24.0 Å². The number of aliphatic imine (C=N–C) groups is 1. The van der Waals surface area contributed by atoms with Gasteiger partial charge < -0.3 is 24.6 Å². The van der Waals surface area contributed by atoms with Crippen LogP contribution in [0.2, 0.25) is 0 Å². The highest BCUT2D eigenvalue weighted by molar-refractivity contribution is 14.0. The Labute approximate surface area is 155 Å². The van der Waals surface area contributed by atoms with E-state index in [4.69, 9.17) is 9.47 Å². The average molecular weight is 440 g/mol. The minimum Gasteiger partial charge on any atom is -0.469 e. The van der Waals surface area contributed by atoms with Gasteiger partial charge in [-0.25, -0.2) is 0 Å². The fourth-order valence-corrected chi connectivity index (χ4v) is 3.02. The number of nitrogens with zero attached hydrogens (tertiary/aromatic N) is 3. The molecule has 134 valence electrons. The Balaban J connectivity index is 0.00000264. The number of methoxy groups -OCH3 is 1. The predicted octanol–water partition coefficient (Wildman–Crippen LogP) is 0.395. The molecule has 0 spiro atoms. The van der Waals surface area contributed by atoms with Crippen molar-refractivity contribution in [3.63, 3.8) is 0 Å². The normalized spacial score (nSPS) is 24.0. The van der Waals surface area contributed by atoms with Gasteiger partial charge in [0, 0.05) is 39.8 Å². The molecule has 0 aromatic heterocycles. The van der Waals surface area contributed by atoms with Gasteiger partial charge in [-0.1, -0.05) is 0 Å². The second-order valence-electron chi connectivity index (χ2n) is 5.97. The largest absolute Gasteiger partial charge is 0.469 e. The molecular weight excluding hydrogens is 411 g/mol. The van der Waals surface area contributed by atoms with Crippen LogP contribution in [-0.4, -0.2) is 88.4 Å². The molecule has 1 N–H and O–H groups in total. The van der Waals surface area contributed by atoms with Crippen LogP contribution < -0.4 is 5.32 Å². The van der Waals surface area contributed by atoms with Crippen molar-refractivity contribution in [3.8, 4) is 0 Å². The lowest BCUT2D eigenvalue weighted by Crippen LogP contribution is -2.51. The van der Waals surface area contributed by atoms with Crippen molar-refractivity contribution in [2.75, 3.05) is 60.5 Å². The highest BCUT2D eigenvalue weighted by Gasteiger charge is 2.27. The third-order valence-electron chi connectivity index (χ3n) is 4.37. The number of piperidine rings is 1. The molecule has 2 fully saturated rings. The molecule has 2 saturated heterocycles. The standard InChI is InChI=1S/C15H28N4O3.HI/c1-16-15(17-10-13-11-18(2)8-9-22-13)19-6-4-12(5-7-19)14(20)21-3;/h12-13H,4-11H2,1-3H3,(H,16,17);1H. The van der Waals surface area contributed by atoms with E-state index in [1.807, 2.05) is 0 Å². The van der Waals surface area contributed by atoms with E-state index >= 15 is 0 Å². The van der Waals surface area contributed by atoms with Crippen LogP contribution in [0.3, 0.4) is 0 Å². The summed E-state index contributed by atoms with van der Waals surface area (Å²) < 4.78 is 10.6. The SMILES string of the molecule is CN=C(NCC1CN(C)CCO1)N1CCC(C(=O)OC)CC1.I. The minimum absolute atomic E-state index is 0. The molecule has 0 aromatic carbocycles. The maximum atomic E-state index is 11.6. The summed E-state index contributed by atoms with van der Waals surface area (Å²) in [6, 6.07) is 0. The zero-order chi connectivity index (χ0) is 15.9. The quantitative estimate of drug-likeness (QED) is 0.297. The van der Waals surface area contributed by atoms with Crippen LogP contribution in [0, 0.1) is 5.92 Å². The fraction of sp³-hybridized carbons (Fsp3) is 0.867. The van der Waals surface area contributed by atoms with Crippen molar-refractivity contribution in [2.45, 2.75) is 18.9 Å². The first-order valence-corrected chi connectivity index (χ1v) is 7.97. The molecule has 2 rings (SSSR count). The van der Waals surface area contributed by atoms with E-state index in [1.54, 1.807) is 7.05 Å². The van der Waals surface area contributed by atoms with Gasteiger partial charge in [-0.2, -0.15) is 0 Å². The molecule has 2 aliphatic rings. The molecular formula is C15H29IN4O3. The van der Waals surface area contributed by atoms with E-state index in [0.29, 0.717) is 0 Å². The number of halogens is 1. The first-order valence-electron chi connectivity index (χ1n) is 7.97. The number of esters is 1. The second kappa shape index (κ2) is 10.3. The summed E-state index contributed by atoms with van der Waals surface area (Å²) in [5.41, 5.74) is 0. The van der Waals surface area contributed by atoms with E-state index in [2.05, 4.69) is 27.2 Å². The zero-order valence-electron chi connectivity index (χ0n) is 14.3. The number of likely N-dealkylation sites (tertiary alicyclic amines) is 1. The number of rotatable bonds is 3. The number of hydrogen-bond donors (Lipinski definition) is 1. The fourth-order valence-electron chi connectivity index (χ4n) is 3.02. The van der Waals surface area contributed by atoms with E-state index in [9.17, 15) is 4.79 Å². The Morgan fingerprint density at radius 3 is 2.61 bits per heavy atom. The van der Waals surface area contributed by atoms with E-state index in [0.717, 1.165) is 58.1 Å². The molecule has 0 saturated carbocycles. The van der Waals surface area contributed by atoms with Gasteiger partial charge in [0.1, 0.15) is 0 Å². The zero-order valence-corrected chi connectivity index (χ0v) is 16.6. The predicted molar refractivity (Wildman–Crippen MR) is 100 cm³/mol. The van der Waals surface area contributed by atoms with Gasteiger partial charge in [-0.15, -0.1) is 24.0 Å². The molecule has 1 unspecified atom stereocenters. The van der Waals surface area contributed by atoms with Gasteiger partial charge in [0.15, 0.2) is 5.96 Å². The lowest BCUT2D eigenvalue weighted by molar-refractivity contribution is -0.146. The van der Waals surface area contributed by atoms with Crippen molar-refractivity contribution in [1.29, 1.82) is 0 Å². The Morgan fingerprint density at radius 1 is 1.35 bits per heavy atom. The molecule has 0 bridgehead atoms. The number of likely N-dealkylation sites (N-methyl/N-ethyl adjacent to an activating group) is 1. The molecule has 1 atom stereocenters. The molecule has 7 nitrogen and oxygen atoms in total. The maximum absolute atomic E-state index is 11.6. The van der Waals surface area contributed by atoms with Crippen LogP contribution in [0.1, 0.15) is 12.8 Å². The van der Waals surface area contributed by atoms with Crippen LogP contribution in [0.5, 0.6) is 0 Å². The molecule has 8 heteroatoms. The Morgan fingerprint density at radius 2 is 2.04 bits per heavy atom. The van der Waals surface area contributed by atoms with Crippen molar-refractivity contribution in [1.82, 2.24) is 15.1 Å². The number of morpholine rings is 1. The Bertz CT molecular complexity index is 400.